The van der Waals surface area contributed by atoms with Gasteiger partial charge in [0.1, 0.15) is 0 Å². The number of rotatable bonds is 4. The highest BCUT2D eigenvalue weighted by Gasteiger charge is 2.27. The van der Waals surface area contributed by atoms with Gasteiger partial charge >= 0.3 is 0 Å². The predicted molar refractivity (Wildman–Crippen MR) is 94.8 cm³/mol. The Balaban J connectivity index is 1.68. The van der Waals surface area contributed by atoms with E-state index in [-0.39, 0.29) is 11.3 Å². The summed E-state index contributed by atoms with van der Waals surface area (Å²) in [7, 11) is 0. The minimum Gasteiger partial charge on any atom is -0.351 e. The molecule has 1 aliphatic heterocycles. The largest absolute Gasteiger partial charge is 0.351 e. The first-order chi connectivity index (χ1) is 11.1. The number of piperidine rings is 1. The minimum atomic E-state index is -0.00133. The summed E-state index contributed by atoms with van der Waals surface area (Å²) < 4.78 is 0. The number of nitrogens with one attached hydrogen (secondary N) is 2. The fourth-order valence-corrected chi connectivity index (χ4v) is 3.54. The van der Waals surface area contributed by atoms with Crippen molar-refractivity contribution in [3.63, 3.8) is 0 Å². The van der Waals surface area contributed by atoms with Crippen molar-refractivity contribution in [1.82, 2.24) is 15.6 Å². The van der Waals surface area contributed by atoms with Gasteiger partial charge in [0.2, 0.25) is 0 Å². The highest BCUT2D eigenvalue weighted by Crippen LogP contribution is 2.27. The van der Waals surface area contributed by atoms with Gasteiger partial charge in [-0.25, -0.2) is 4.98 Å². The van der Waals surface area contributed by atoms with E-state index < -0.39 is 0 Å². The van der Waals surface area contributed by atoms with E-state index in [1.165, 1.54) is 0 Å². The number of benzene rings is 1. The van der Waals surface area contributed by atoms with Crippen molar-refractivity contribution in [2.75, 3.05) is 19.6 Å². The molecule has 1 aliphatic rings. The Morgan fingerprint density at radius 1 is 1.39 bits per heavy atom. The summed E-state index contributed by atoms with van der Waals surface area (Å²) >= 11 is 1.62. The number of carbonyl (C=O) groups excluding carboxylic acids is 1. The van der Waals surface area contributed by atoms with E-state index in [1.54, 1.807) is 11.3 Å². The van der Waals surface area contributed by atoms with Crippen LogP contribution in [0, 0.1) is 12.3 Å². The van der Waals surface area contributed by atoms with Crippen LogP contribution in [-0.4, -0.2) is 30.5 Å². The van der Waals surface area contributed by atoms with Gasteiger partial charge in [-0.2, -0.15) is 0 Å². The summed E-state index contributed by atoms with van der Waals surface area (Å²) in [5.41, 5.74) is 2.83. The first-order valence-corrected chi connectivity index (χ1v) is 8.95. The first kappa shape index (κ1) is 16.1. The van der Waals surface area contributed by atoms with Gasteiger partial charge in [0.05, 0.1) is 10.7 Å². The second kappa shape index (κ2) is 6.81. The lowest BCUT2D eigenvalue weighted by Crippen LogP contribution is -2.42. The summed E-state index contributed by atoms with van der Waals surface area (Å²) in [5, 5.41) is 9.54. The van der Waals surface area contributed by atoms with Crippen LogP contribution < -0.4 is 10.6 Å². The Bertz CT molecular complexity index is 689. The smallest absolute Gasteiger partial charge is 0.251 e. The molecule has 2 N–H and O–H groups in total. The fourth-order valence-electron chi connectivity index (χ4n) is 2.92. The van der Waals surface area contributed by atoms with Crippen molar-refractivity contribution < 1.29 is 4.79 Å². The number of thiazole rings is 1. The summed E-state index contributed by atoms with van der Waals surface area (Å²) in [6.45, 7) is 7.04. The molecule has 3 rings (SSSR count). The van der Waals surface area contributed by atoms with Crippen LogP contribution in [0.2, 0.25) is 0 Å². The monoisotopic (exact) mass is 329 g/mol. The molecule has 23 heavy (non-hydrogen) atoms. The van der Waals surface area contributed by atoms with Gasteiger partial charge in [-0.05, 0) is 50.4 Å². The minimum absolute atomic E-state index is 0.00133. The van der Waals surface area contributed by atoms with Gasteiger partial charge in [-0.3, -0.25) is 4.79 Å². The van der Waals surface area contributed by atoms with Gasteiger partial charge in [0, 0.05) is 23.1 Å². The van der Waals surface area contributed by atoms with Crippen LogP contribution in [0.5, 0.6) is 0 Å². The highest BCUT2D eigenvalue weighted by atomic mass is 32.1. The number of hydrogen-bond donors (Lipinski definition) is 2. The third-order valence-corrected chi connectivity index (χ3v) is 5.30. The van der Waals surface area contributed by atoms with Gasteiger partial charge in [-0.15, -0.1) is 11.3 Å². The Labute approximate surface area is 141 Å². The predicted octanol–water partition coefficient (Wildman–Crippen LogP) is 3.24. The summed E-state index contributed by atoms with van der Waals surface area (Å²) in [4.78, 5) is 17.0. The van der Waals surface area contributed by atoms with E-state index in [0.29, 0.717) is 5.56 Å². The highest BCUT2D eigenvalue weighted by molar-refractivity contribution is 7.09. The molecule has 0 spiro atoms. The molecule has 2 heterocycles. The molecule has 0 saturated carbocycles. The molecular weight excluding hydrogens is 306 g/mol. The number of hydrogen-bond acceptors (Lipinski definition) is 4. The average molecular weight is 329 g/mol. The van der Waals surface area contributed by atoms with Crippen LogP contribution in [-0.2, 0) is 0 Å². The van der Waals surface area contributed by atoms with Crippen LogP contribution in [0.4, 0.5) is 0 Å². The van der Waals surface area contributed by atoms with Crippen LogP contribution >= 0.6 is 11.3 Å². The second-order valence-corrected chi connectivity index (χ2v) is 7.64. The van der Waals surface area contributed by atoms with Crippen molar-refractivity contribution in [3.8, 4) is 11.3 Å². The molecular formula is C18H23N3OS. The third-order valence-electron chi connectivity index (χ3n) is 4.53. The van der Waals surface area contributed by atoms with E-state index in [9.17, 15) is 4.79 Å². The van der Waals surface area contributed by atoms with Crippen molar-refractivity contribution >= 4 is 17.2 Å². The molecule has 1 amide bonds. The van der Waals surface area contributed by atoms with Gasteiger partial charge in [-0.1, -0.05) is 19.1 Å². The molecule has 0 atom stereocenters. The van der Waals surface area contributed by atoms with E-state index in [2.05, 4.69) is 22.5 Å². The molecule has 122 valence electrons. The number of carbonyl (C=O) groups is 1. The van der Waals surface area contributed by atoms with E-state index in [0.717, 1.165) is 48.7 Å². The van der Waals surface area contributed by atoms with Crippen LogP contribution in [0.1, 0.15) is 35.1 Å². The van der Waals surface area contributed by atoms with Crippen molar-refractivity contribution in [2.45, 2.75) is 26.7 Å². The van der Waals surface area contributed by atoms with Gasteiger partial charge in [0.15, 0.2) is 0 Å². The Hall–Kier alpha value is -1.72. The Kier molecular flexibility index (Phi) is 4.78. The lowest BCUT2D eigenvalue weighted by Gasteiger charge is -2.34. The number of amides is 1. The number of aryl methyl sites for hydroxylation is 1. The van der Waals surface area contributed by atoms with Gasteiger partial charge in [0.25, 0.3) is 5.91 Å². The normalized spacial score (nSPS) is 17.0. The molecule has 5 heteroatoms. The molecule has 2 aromatic rings. The van der Waals surface area contributed by atoms with Crippen LogP contribution in [0.15, 0.2) is 29.6 Å². The van der Waals surface area contributed by atoms with Crippen LogP contribution in [0.25, 0.3) is 11.3 Å². The molecule has 0 bridgehead atoms. The van der Waals surface area contributed by atoms with Crippen LogP contribution in [0.3, 0.4) is 0 Å². The molecule has 1 saturated heterocycles. The standard InChI is InChI=1S/C18H23N3OS/c1-13-21-16(11-23-13)14-4-3-5-15(10-14)17(22)20-12-18(2)6-8-19-9-7-18/h3-5,10-11,19H,6-9,12H2,1-2H3,(H,20,22). The average Bonchev–Trinajstić information content (AvgIpc) is 3.00. The zero-order chi connectivity index (χ0) is 16.3. The molecule has 1 aromatic heterocycles. The maximum Gasteiger partial charge on any atom is 0.251 e. The quantitative estimate of drug-likeness (QED) is 0.905. The summed E-state index contributed by atoms with van der Waals surface area (Å²) in [6.07, 6.45) is 2.21. The van der Waals surface area contributed by atoms with Crippen molar-refractivity contribution in [3.05, 3.63) is 40.2 Å². The number of nitrogens with zero attached hydrogens (tertiary/aromatic N) is 1. The zero-order valence-electron chi connectivity index (χ0n) is 13.7. The Morgan fingerprint density at radius 2 is 2.17 bits per heavy atom. The first-order valence-electron chi connectivity index (χ1n) is 8.07. The van der Waals surface area contributed by atoms with E-state index in [1.807, 2.05) is 36.6 Å². The lowest BCUT2D eigenvalue weighted by molar-refractivity contribution is 0.0922. The van der Waals surface area contributed by atoms with E-state index >= 15 is 0 Å². The van der Waals surface area contributed by atoms with Crippen molar-refractivity contribution in [2.24, 2.45) is 5.41 Å². The topological polar surface area (TPSA) is 54.0 Å². The maximum atomic E-state index is 12.5. The zero-order valence-corrected chi connectivity index (χ0v) is 14.5. The second-order valence-electron chi connectivity index (χ2n) is 6.58. The summed E-state index contributed by atoms with van der Waals surface area (Å²) in [5.74, 6) is -0.00133. The summed E-state index contributed by atoms with van der Waals surface area (Å²) in [6, 6.07) is 7.71. The maximum absolute atomic E-state index is 12.5. The van der Waals surface area contributed by atoms with Crippen molar-refractivity contribution in [1.29, 1.82) is 0 Å². The molecule has 4 nitrogen and oxygen atoms in total. The molecule has 1 aromatic carbocycles. The fraction of sp³-hybridized carbons (Fsp3) is 0.444. The SMILES string of the molecule is Cc1nc(-c2cccc(C(=O)NCC3(C)CCNCC3)c2)cs1. The number of aromatic nitrogens is 1. The molecule has 0 radical (unpaired) electrons. The van der Waals surface area contributed by atoms with E-state index in [4.69, 9.17) is 0 Å². The van der Waals surface area contributed by atoms with Gasteiger partial charge < -0.3 is 10.6 Å². The lowest BCUT2D eigenvalue weighted by atomic mass is 9.81. The molecule has 1 fully saturated rings. The molecule has 0 aliphatic carbocycles. The third kappa shape index (κ3) is 3.98. The Morgan fingerprint density at radius 3 is 2.87 bits per heavy atom. The molecule has 0 unspecified atom stereocenters.